The largest absolute Gasteiger partial charge is 0.455 e. The van der Waals surface area contributed by atoms with Gasteiger partial charge in [0.1, 0.15) is 6.10 Å². The number of rotatable bonds is 13. The molecule has 0 spiro atoms. The second-order valence-electron chi connectivity index (χ2n) is 8.21. The maximum atomic E-state index is 12.5. The number of hydrogen-bond acceptors (Lipinski definition) is 8. The van der Waals surface area contributed by atoms with E-state index in [4.69, 9.17) is 18.9 Å². The maximum Gasteiger partial charge on any atom is 0.407 e. The summed E-state index contributed by atoms with van der Waals surface area (Å²) >= 11 is 0. The number of ether oxygens (including phenoxy) is 4. The van der Waals surface area contributed by atoms with E-state index < -0.39 is 41.4 Å². The highest BCUT2D eigenvalue weighted by Crippen LogP contribution is 2.35. The Morgan fingerprint density at radius 2 is 1.39 bits per heavy atom. The number of esters is 2. The van der Waals surface area contributed by atoms with Crippen molar-refractivity contribution in [3.8, 4) is 0 Å². The third kappa shape index (κ3) is 9.55. The number of carbonyl (C=O) groups excluding carboxylic acids is 4. The topological polar surface area (TPSA) is 129 Å². The molecule has 2 atom stereocenters. The summed E-state index contributed by atoms with van der Waals surface area (Å²) in [5.74, 6) is -1.42. The van der Waals surface area contributed by atoms with Crippen molar-refractivity contribution in [1.29, 1.82) is 0 Å². The summed E-state index contributed by atoms with van der Waals surface area (Å²) in [4.78, 5) is 48.7. The van der Waals surface area contributed by atoms with Gasteiger partial charge in [-0.2, -0.15) is 0 Å². The Kier molecular flexibility index (Phi) is 12.3. The minimum atomic E-state index is -1.55. The lowest BCUT2D eigenvalue weighted by Gasteiger charge is -2.47. The molecule has 0 aliphatic rings. The van der Waals surface area contributed by atoms with Crippen molar-refractivity contribution in [3.05, 3.63) is 24.3 Å². The molecule has 10 nitrogen and oxygen atoms in total. The highest BCUT2D eigenvalue weighted by atomic mass is 16.6. The Balaban J connectivity index is 6.04. The van der Waals surface area contributed by atoms with Crippen LogP contribution >= 0.6 is 0 Å². The van der Waals surface area contributed by atoms with E-state index in [0.29, 0.717) is 6.42 Å². The van der Waals surface area contributed by atoms with Crippen molar-refractivity contribution < 1.29 is 38.1 Å². The molecule has 0 aliphatic heterocycles. The van der Waals surface area contributed by atoms with Crippen LogP contribution in [0.15, 0.2) is 24.3 Å². The summed E-state index contributed by atoms with van der Waals surface area (Å²) in [5, 5.41) is 5.26. The lowest BCUT2D eigenvalue weighted by atomic mass is 9.77. The fourth-order valence-electron chi connectivity index (χ4n) is 2.76. The van der Waals surface area contributed by atoms with Crippen LogP contribution in [-0.4, -0.2) is 61.1 Å². The fraction of sp³-hybridized carbons (Fsp3) is 0.652. The van der Waals surface area contributed by atoms with Gasteiger partial charge in [-0.15, -0.1) is 0 Å². The summed E-state index contributed by atoms with van der Waals surface area (Å²) in [6.45, 7) is 18.9. The molecule has 2 N–H and O–H groups in total. The predicted octanol–water partition coefficient (Wildman–Crippen LogP) is 3.40. The zero-order valence-electron chi connectivity index (χ0n) is 20.8. The van der Waals surface area contributed by atoms with Gasteiger partial charge in [0.2, 0.25) is 0 Å². The van der Waals surface area contributed by atoms with Crippen molar-refractivity contribution in [2.45, 2.75) is 78.6 Å². The van der Waals surface area contributed by atoms with Crippen molar-refractivity contribution in [3.63, 3.8) is 0 Å². The lowest BCUT2D eigenvalue weighted by molar-refractivity contribution is -0.192. The highest BCUT2D eigenvalue weighted by Gasteiger charge is 2.53. The third-order valence-corrected chi connectivity index (χ3v) is 4.98. The van der Waals surface area contributed by atoms with Crippen LogP contribution in [-0.2, 0) is 28.5 Å². The summed E-state index contributed by atoms with van der Waals surface area (Å²) < 4.78 is 21.2. The average molecular weight is 471 g/mol. The van der Waals surface area contributed by atoms with Gasteiger partial charge in [-0.05, 0) is 61.3 Å². The van der Waals surface area contributed by atoms with E-state index in [0.717, 1.165) is 0 Å². The van der Waals surface area contributed by atoms with Gasteiger partial charge in [0.25, 0.3) is 0 Å². The first-order valence-electron chi connectivity index (χ1n) is 10.8. The van der Waals surface area contributed by atoms with Crippen LogP contribution in [0.4, 0.5) is 9.59 Å². The van der Waals surface area contributed by atoms with Crippen LogP contribution in [0.1, 0.15) is 61.3 Å². The Hall–Kier alpha value is -3.04. The second kappa shape index (κ2) is 13.5. The van der Waals surface area contributed by atoms with Gasteiger partial charge in [-0.1, -0.05) is 13.2 Å². The van der Waals surface area contributed by atoms with E-state index in [2.05, 4.69) is 23.8 Å². The molecule has 0 radical (unpaired) electrons. The second-order valence-corrected chi connectivity index (χ2v) is 8.21. The lowest BCUT2D eigenvalue weighted by Crippen LogP contribution is -2.67. The Morgan fingerprint density at radius 1 is 0.879 bits per heavy atom. The van der Waals surface area contributed by atoms with Gasteiger partial charge >= 0.3 is 24.1 Å². The molecule has 188 valence electrons. The standard InChI is InChI=1S/C23H38N2O8/c1-10-30-20(28)24-14-12-13-17(32-18(26)15(3)4)23(9,33-19(27)16(5)6)22(7,8)25-21(29)31-11-2/h17H,3,5,10-14H2,1-2,4,6-9H3,(H,24,28)(H,25,29). The van der Waals surface area contributed by atoms with Crippen LogP contribution < -0.4 is 10.6 Å². The number of hydrogen-bond donors (Lipinski definition) is 2. The average Bonchev–Trinajstić information content (AvgIpc) is 2.69. The molecule has 0 aromatic carbocycles. The van der Waals surface area contributed by atoms with Crippen LogP contribution in [0.25, 0.3) is 0 Å². The van der Waals surface area contributed by atoms with Crippen LogP contribution in [0, 0.1) is 0 Å². The van der Waals surface area contributed by atoms with Gasteiger partial charge in [0, 0.05) is 17.7 Å². The Labute approximate surface area is 196 Å². The summed E-state index contributed by atoms with van der Waals surface area (Å²) in [6.07, 6.45) is -1.80. The van der Waals surface area contributed by atoms with Gasteiger partial charge < -0.3 is 29.6 Å². The molecule has 0 saturated carbocycles. The van der Waals surface area contributed by atoms with Crippen molar-refractivity contribution in [2.75, 3.05) is 19.8 Å². The SMILES string of the molecule is C=C(C)C(=O)OC(CCCNC(=O)OCC)C(C)(OC(=O)C(=C)C)C(C)(C)NC(=O)OCC. The summed E-state index contributed by atoms with van der Waals surface area (Å²) in [5.41, 5.74) is -2.53. The van der Waals surface area contributed by atoms with E-state index in [1.54, 1.807) is 34.6 Å². The van der Waals surface area contributed by atoms with Crippen molar-refractivity contribution in [2.24, 2.45) is 0 Å². The number of alkyl carbamates (subject to hydrolysis) is 2. The molecule has 2 unspecified atom stereocenters. The van der Waals surface area contributed by atoms with Crippen LogP contribution in [0.3, 0.4) is 0 Å². The van der Waals surface area contributed by atoms with Gasteiger partial charge in [0.15, 0.2) is 5.60 Å². The van der Waals surface area contributed by atoms with Crippen molar-refractivity contribution >= 4 is 24.1 Å². The highest BCUT2D eigenvalue weighted by molar-refractivity contribution is 5.88. The molecule has 0 saturated heterocycles. The molecular formula is C23H38N2O8. The first kappa shape index (κ1) is 30.0. The molecular weight excluding hydrogens is 432 g/mol. The zero-order valence-corrected chi connectivity index (χ0v) is 20.8. The molecule has 0 bridgehead atoms. The van der Waals surface area contributed by atoms with Gasteiger partial charge in [0.05, 0.1) is 18.8 Å². The number of nitrogens with one attached hydrogen (secondary N) is 2. The quantitative estimate of drug-likeness (QED) is 0.181. The summed E-state index contributed by atoms with van der Waals surface area (Å²) in [7, 11) is 0. The first-order valence-corrected chi connectivity index (χ1v) is 10.8. The molecule has 0 aromatic heterocycles. The number of carbonyl (C=O) groups is 4. The van der Waals surface area contributed by atoms with E-state index in [9.17, 15) is 19.2 Å². The monoisotopic (exact) mass is 470 g/mol. The van der Waals surface area contributed by atoms with Crippen LogP contribution in [0.5, 0.6) is 0 Å². The smallest absolute Gasteiger partial charge is 0.407 e. The van der Waals surface area contributed by atoms with Gasteiger partial charge in [-0.3, -0.25) is 0 Å². The maximum absolute atomic E-state index is 12.5. The third-order valence-electron chi connectivity index (χ3n) is 4.98. The molecule has 0 aliphatic carbocycles. The van der Waals surface area contributed by atoms with Gasteiger partial charge in [-0.25, -0.2) is 19.2 Å². The number of amides is 2. The molecule has 10 heteroatoms. The zero-order chi connectivity index (χ0) is 25.8. The minimum Gasteiger partial charge on any atom is -0.455 e. The first-order chi connectivity index (χ1) is 15.2. The molecule has 2 amide bonds. The molecule has 0 aromatic rings. The normalized spacial score (nSPS) is 13.5. The van der Waals surface area contributed by atoms with E-state index in [1.807, 2.05) is 0 Å². The van der Waals surface area contributed by atoms with Crippen LogP contribution in [0.2, 0.25) is 0 Å². The van der Waals surface area contributed by atoms with E-state index >= 15 is 0 Å². The molecule has 0 heterocycles. The van der Waals surface area contributed by atoms with Crippen molar-refractivity contribution in [1.82, 2.24) is 10.6 Å². The molecule has 0 rings (SSSR count). The Bertz CT molecular complexity index is 747. The van der Waals surface area contributed by atoms with E-state index in [-0.39, 0.29) is 37.3 Å². The summed E-state index contributed by atoms with van der Waals surface area (Å²) in [6, 6.07) is 0. The molecule has 0 fully saturated rings. The Morgan fingerprint density at radius 3 is 1.88 bits per heavy atom. The fourth-order valence-corrected chi connectivity index (χ4v) is 2.76. The predicted molar refractivity (Wildman–Crippen MR) is 123 cm³/mol. The molecule has 33 heavy (non-hydrogen) atoms. The van der Waals surface area contributed by atoms with E-state index in [1.165, 1.54) is 13.8 Å². The minimum absolute atomic E-state index is 0.127.